The van der Waals surface area contributed by atoms with Gasteiger partial charge >= 0.3 is 0 Å². The summed E-state index contributed by atoms with van der Waals surface area (Å²) in [6, 6.07) is 8.50. The summed E-state index contributed by atoms with van der Waals surface area (Å²) >= 11 is 0. The van der Waals surface area contributed by atoms with Crippen molar-refractivity contribution in [2.45, 2.75) is 11.8 Å². The van der Waals surface area contributed by atoms with Crippen molar-refractivity contribution in [3.63, 3.8) is 0 Å². The van der Waals surface area contributed by atoms with Crippen molar-refractivity contribution >= 4 is 9.84 Å². The van der Waals surface area contributed by atoms with Crippen molar-refractivity contribution in [3.05, 3.63) is 24.3 Å². The average molecular weight is 282 g/mol. The molecular formula is C13H18N2O3S. The molecule has 0 unspecified atom stereocenters. The van der Waals surface area contributed by atoms with Crippen molar-refractivity contribution < 1.29 is 13.2 Å². The first-order valence-electron chi connectivity index (χ1n) is 5.99. The zero-order chi connectivity index (χ0) is 14.3. The highest BCUT2D eigenvalue weighted by Crippen LogP contribution is 2.17. The molecule has 0 saturated heterocycles. The van der Waals surface area contributed by atoms with Crippen molar-refractivity contribution in [1.29, 1.82) is 5.26 Å². The highest BCUT2D eigenvalue weighted by Gasteiger charge is 2.08. The number of benzene rings is 1. The number of likely N-dealkylation sites (N-methyl/N-ethyl adjacent to an activating group) is 1. The van der Waals surface area contributed by atoms with E-state index < -0.39 is 9.84 Å². The smallest absolute Gasteiger partial charge is 0.175 e. The van der Waals surface area contributed by atoms with Crippen LogP contribution in [0.1, 0.15) is 6.92 Å². The van der Waals surface area contributed by atoms with Crippen LogP contribution in [0.15, 0.2) is 29.2 Å². The summed E-state index contributed by atoms with van der Waals surface area (Å²) in [6.07, 6.45) is 1.16. The molecule has 0 aromatic heterocycles. The van der Waals surface area contributed by atoms with Gasteiger partial charge in [-0.05, 0) is 24.7 Å². The lowest BCUT2D eigenvalue weighted by Crippen LogP contribution is -2.28. The van der Waals surface area contributed by atoms with Crippen molar-refractivity contribution in [3.8, 4) is 11.8 Å². The highest BCUT2D eigenvalue weighted by molar-refractivity contribution is 7.90. The molecule has 0 radical (unpaired) electrons. The second kappa shape index (κ2) is 7.12. The first-order chi connectivity index (χ1) is 8.97. The Balaban J connectivity index is 2.57. The van der Waals surface area contributed by atoms with Crippen LogP contribution in [0, 0.1) is 11.3 Å². The van der Waals surface area contributed by atoms with Crippen LogP contribution in [-0.4, -0.2) is 45.8 Å². The molecule has 19 heavy (non-hydrogen) atoms. The van der Waals surface area contributed by atoms with E-state index in [1.54, 1.807) is 12.1 Å². The van der Waals surface area contributed by atoms with Gasteiger partial charge in [-0.25, -0.2) is 8.42 Å². The fraction of sp³-hybridized carbons (Fsp3) is 0.462. The Labute approximate surface area is 114 Å². The summed E-state index contributed by atoms with van der Waals surface area (Å²) in [7, 11) is -3.21. The van der Waals surface area contributed by atoms with Crippen LogP contribution in [0.25, 0.3) is 0 Å². The molecule has 0 heterocycles. The Bertz CT molecular complexity index is 549. The number of hydrogen-bond acceptors (Lipinski definition) is 5. The van der Waals surface area contributed by atoms with E-state index in [2.05, 4.69) is 6.07 Å². The SMILES string of the molecule is CCN(CC#N)CCOc1cccc(S(C)(=O)=O)c1. The summed E-state index contributed by atoms with van der Waals surface area (Å²) in [6.45, 7) is 4.17. The number of hydrogen-bond donors (Lipinski definition) is 0. The Morgan fingerprint density at radius 3 is 2.74 bits per heavy atom. The minimum atomic E-state index is -3.21. The van der Waals surface area contributed by atoms with E-state index in [1.807, 2.05) is 11.8 Å². The molecule has 0 aliphatic carbocycles. The second-order valence-electron chi connectivity index (χ2n) is 4.12. The zero-order valence-electron chi connectivity index (χ0n) is 11.2. The summed E-state index contributed by atoms with van der Waals surface area (Å²) in [4.78, 5) is 2.19. The van der Waals surface area contributed by atoms with Gasteiger partial charge in [0.2, 0.25) is 0 Å². The van der Waals surface area contributed by atoms with Gasteiger partial charge in [0, 0.05) is 12.8 Å². The molecule has 0 aliphatic heterocycles. The first-order valence-corrected chi connectivity index (χ1v) is 7.88. The largest absolute Gasteiger partial charge is 0.492 e. The Kier molecular flexibility index (Phi) is 5.80. The molecule has 0 aliphatic rings. The highest BCUT2D eigenvalue weighted by atomic mass is 32.2. The Hall–Kier alpha value is -1.58. The van der Waals surface area contributed by atoms with E-state index in [1.165, 1.54) is 12.1 Å². The molecule has 0 fully saturated rings. The van der Waals surface area contributed by atoms with E-state index in [-0.39, 0.29) is 4.90 Å². The van der Waals surface area contributed by atoms with E-state index in [0.717, 1.165) is 12.8 Å². The molecular weight excluding hydrogens is 264 g/mol. The van der Waals surface area contributed by atoms with E-state index in [0.29, 0.717) is 25.4 Å². The average Bonchev–Trinajstić information content (AvgIpc) is 2.37. The number of nitrogens with zero attached hydrogens (tertiary/aromatic N) is 2. The summed E-state index contributed by atoms with van der Waals surface area (Å²) in [5, 5.41) is 8.61. The lowest BCUT2D eigenvalue weighted by Gasteiger charge is -2.16. The maximum atomic E-state index is 11.4. The van der Waals surface area contributed by atoms with Crippen molar-refractivity contribution in [2.75, 3.05) is 32.5 Å². The molecule has 0 spiro atoms. The van der Waals surface area contributed by atoms with Crippen LogP contribution in [0.5, 0.6) is 5.75 Å². The number of nitriles is 1. The zero-order valence-corrected chi connectivity index (χ0v) is 12.0. The predicted octanol–water partition coefficient (Wildman–Crippen LogP) is 1.31. The predicted molar refractivity (Wildman–Crippen MR) is 72.8 cm³/mol. The molecule has 0 N–H and O–H groups in total. The quantitative estimate of drug-likeness (QED) is 0.705. The van der Waals surface area contributed by atoms with Crippen LogP contribution < -0.4 is 4.74 Å². The van der Waals surface area contributed by atoms with E-state index in [9.17, 15) is 8.42 Å². The van der Waals surface area contributed by atoms with Gasteiger partial charge < -0.3 is 4.74 Å². The monoisotopic (exact) mass is 282 g/mol. The van der Waals surface area contributed by atoms with Gasteiger partial charge in [0.25, 0.3) is 0 Å². The summed E-state index contributed by atoms with van der Waals surface area (Å²) in [5.41, 5.74) is 0. The van der Waals surface area contributed by atoms with Gasteiger partial charge in [-0.2, -0.15) is 5.26 Å². The van der Waals surface area contributed by atoms with Crippen LogP contribution in [0.3, 0.4) is 0 Å². The Morgan fingerprint density at radius 1 is 1.42 bits per heavy atom. The molecule has 0 amide bonds. The van der Waals surface area contributed by atoms with Crippen molar-refractivity contribution in [1.82, 2.24) is 4.90 Å². The van der Waals surface area contributed by atoms with E-state index in [4.69, 9.17) is 10.00 Å². The lowest BCUT2D eigenvalue weighted by molar-refractivity contribution is 0.231. The third-order valence-electron chi connectivity index (χ3n) is 2.65. The maximum Gasteiger partial charge on any atom is 0.175 e. The van der Waals surface area contributed by atoms with Gasteiger partial charge in [0.15, 0.2) is 9.84 Å². The molecule has 5 nitrogen and oxygen atoms in total. The van der Waals surface area contributed by atoms with Crippen LogP contribution in [0.4, 0.5) is 0 Å². The summed E-state index contributed by atoms with van der Waals surface area (Å²) < 4.78 is 28.3. The van der Waals surface area contributed by atoms with Gasteiger partial charge in [-0.15, -0.1) is 0 Å². The molecule has 0 saturated carbocycles. The number of ether oxygens (including phenoxy) is 1. The number of rotatable bonds is 7. The maximum absolute atomic E-state index is 11.4. The normalized spacial score (nSPS) is 11.3. The third kappa shape index (κ3) is 5.28. The number of sulfone groups is 1. The molecule has 0 atom stereocenters. The topological polar surface area (TPSA) is 70.4 Å². The molecule has 1 aromatic carbocycles. The summed E-state index contributed by atoms with van der Waals surface area (Å²) in [5.74, 6) is 0.524. The van der Waals surface area contributed by atoms with Gasteiger partial charge in [0.05, 0.1) is 17.5 Å². The van der Waals surface area contributed by atoms with Gasteiger partial charge in [-0.1, -0.05) is 13.0 Å². The van der Waals surface area contributed by atoms with Crippen LogP contribution >= 0.6 is 0 Å². The van der Waals surface area contributed by atoms with Crippen LogP contribution in [-0.2, 0) is 9.84 Å². The van der Waals surface area contributed by atoms with Crippen molar-refractivity contribution in [2.24, 2.45) is 0 Å². The lowest BCUT2D eigenvalue weighted by atomic mass is 10.3. The standard InChI is InChI=1S/C13H18N2O3S/c1-3-15(8-7-14)9-10-18-12-5-4-6-13(11-12)19(2,16)17/h4-6,11H,3,8-10H2,1-2H3. The molecule has 0 bridgehead atoms. The molecule has 6 heteroatoms. The minimum absolute atomic E-state index is 0.245. The molecule has 1 rings (SSSR count). The minimum Gasteiger partial charge on any atom is -0.492 e. The van der Waals surface area contributed by atoms with Crippen LogP contribution in [0.2, 0.25) is 0 Å². The fourth-order valence-electron chi connectivity index (χ4n) is 1.54. The van der Waals surface area contributed by atoms with E-state index >= 15 is 0 Å². The molecule has 104 valence electrons. The van der Waals surface area contributed by atoms with Gasteiger partial charge in [-0.3, -0.25) is 4.90 Å². The van der Waals surface area contributed by atoms with Gasteiger partial charge in [0.1, 0.15) is 12.4 Å². The fourth-order valence-corrected chi connectivity index (χ4v) is 2.19. The third-order valence-corrected chi connectivity index (χ3v) is 3.76. The Morgan fingerprint density at radius 2 is 2.16 bits per heavy atom. The molecule has 1 aromatic rings. The first kappa shape index (κ1) is 15.5. The second-order valence-corrected chi connectivity index (χ2v) is 6.14.